The number of ether oxygens (including phenoxy) is 8. The van der Waals surface area contributed by atoms with Crippen molar-refractivity contribution in [2.45, 2.75) is 361 Å². The summed E-state index contributed by atoms with van der Waals surface area (Å²) in [4.78, 5) is 28.3. The summed E-state index contributed by atoms with van der Waals surface area (Å²) in [6, 6.07) is 2.91. The number of cyclic esters (lactones) is 1. The van der Waals surface area contributed by atoms with Crippen LogP contribution in [0.3, 0.4) is 0 Å². The van der Waals surface area contributed by atoms with Crippen LogP contribution in [0.1, 0.15) is 185 Å². The van der Waals surface area contributed by atoms with Gasteiger partial charge in [0.25, 0.3) is 0 Å². The van der Waals surface area contributed by atoms with E-state index in [4.69, 9.17) is 70.1 Å². The fraction of sp³-hybridized carbons (Fsp3) is 0.853. The maximum Gasteiger partial charge on any atom is 0.334 e. The van der Waals surface area contributed by atoms with Gasteiger partial charge in [0, 0.05) is 64.6 Å². The van der Waals surface area contributed by atoms with Crippen LogP contribution < -0.4 is 0 Å². The van der Waals surface area contributed by atoms with Crippen LogP contribution in [-0.2, 0) is 74.9 Å². The molecule has 0 spiro atoms. The predicted molar refractivity (Wildman–Crippen MR) is 406 cm³/mol. The maximum atomic E-state index is 15.1. The van der Waals surface area contributed by atoms with Gasteiger partial charge >= 0.3 is 5.97 Å². The van der Waals surface area contributed by atoms with Crippen molar-refractivity contribution >= 4 is 47.6 Å². The second kappa shape index (κ2) is 36.6. The zero-order chi connectivity index (χ0) is 74.6. The van der Waals surface area contributed by atoms with E-state index in [9.17, 15) is 5.11 Å². The van der Waals surface area contributed by atoms with Gasteiger partial charge in [-0.3, -0.25) is 9.15 Å². The molecule has 0 aliphatic carbocycles. The number of esters is 1. The fourth-order valence-corrected chi connectivity index (χ4v) is 19.0. The third kappa shape index (κ3) is 23.8. The van der Waals surface area contributed by atoms with Gasteiger partial charge in [0.05, 0.1) is 49.3 Å². The zero-order valence-electron chi connectivity index (χ0n) is 67.8. The summed E-state index contributed by atoms with van der Waals surface area (Å²) in [6.45, 7) is 67.1. The monoisotopic (exact) mass is 1460 g/mol. The molecule has 3 aliphatic heterocycles. The largest absolute Gasteiger partial charge is 0.456 e. The molecular formula is C75H144O17Si5. The quantitative estimate of drug-likeness (QED) is 0.0374. The Morgan fingerprint density at radius 1 is 0.649 bits per heavy atom. The predicted octanol–water partition coefficient (Wildman–Crippen LogP) is 18.4. The van der Waals surface area contributed by atoms with Crippen LogP contribution in [0, 0.1) is 17.8 Å². The first-order valence-electron chi connectivity index (χ1n) is 36.4. The van der Waals surface area contributed by atoms with Crippen molar-refractivity contribution in [3.63, 3.8) is 0 Å². The van der Waals surface area contributed by atoms with E-state index in [0.717, 1.165) is 34.9 Å². The standard InChI is InChI=1S/C75H144O17Si5/c1-36-97(37-2,38-3)88-58(49-78-24)47-61-55(9)64(90-94(30,31)72(15,16)17)56(10)75(81-27,85-61)68(76)63-48-62(79-25)60(89-93(28,29)71(12,13)14)41-39-40-50(4)42-43-59(53(7)45-51(5)44-52(6)46-54(8)69(77)83-63)84-70-67(87-92-96(34,35)74(21,22)23)66(65(80-26)57(11)82-70)86-91-95(32,33)73(18,19)20/h40,42-46,53,55-68,70,76H,36-39,41,47-49H2,1-35H3/b43-42+,50-40+,51-45+,52-44+,54-46+/t53-,55+,56-,57+,58-,59-,60+,61-,62+,63+,64+,65+,66-,67+,68-,70+,75-/m1/s1. The number of carbonyl (C=O) groups excluding carboxylic acids is 1. The SMILES string of the molecule is CC[Si](CC)(CC)O[C@@H](COC)C[C@H]1O[C@@](OC)([C@H](O)[C@@H]2C[C@H](OC)[C@@H](O[Si](C)(C)C(C)(C)C)CC/C=C(C)/C=C/[C@@H](O[C@@H]3O[C@@H](C)[C@H](OC)[C@@H](OO[Si](C)(C)C(C)(C)C)[C@@H]3OO[Si](C)(C)C(C)(C)C)[C@H](C)/C=C(C)/C=C(C)/C=C(\C)C(=O)O2)[C@H](C)[C@@H](O[Si](C)(C)C(C)(C)C)[C@H]1C. The number of aliphatic hydroxyl groups excluding tert-OH is 1. The fourth-order valence-electron chi connectivity index (χ4n) is 12.1. The van der Waals surface area contributed by atoms with Crippen molar-refractivity contribution in [2.75, 3.05) is 35.0 Å². The van der Waals surface area contributed by atoms with Crippen molar-refractivity contribution in [3.05, 3.63) is 58.7 Å². The summed E-state index contributed by atoms with van der Waals surface area (Å²) >= 11 is 0. The highest BCUT2D eigenvalue weighted by molar-refractivity contribution is 6.75. The van der Waals surface area contributed by atoms with Gasteiger partial charge in [-0.05, 0) is 144 Å². The Kier molecular flexibility index (Phi) is 33.9. The average Bonchev–Trinajstić information content (AvgIpc) is 0.741. The summed E-state index contributed by atoms with van der Waals surface area (Å²) in [5, 5.41) is 13.1. The van der Waals surface area contributed by atoms with Gasteiger partial charge < -0.3 is 56.3 Å². The smallest absolute Gasteiger partial charge is 0.334 e. The van der Waals surface area contributed by atoms with E-state index >= 15 is 4.79 Å². The number of rotatable bonds is 26. The van der Waals surface area contributed by atoms with Crippen LogP contribution in [0.2, 0.25) is 90.7 Å². The first kappa shape index (κ1) is 89.9. The van der Waals surface area contributed by atoms with Gasteiger partial charge in [0.15, 0.2) is 43.5 Å². The lowest BCUT2D eigenvalue weighted by Gasteiger charge is -2.56. The lowest BCUT2D eigenvalue weighted by Crippen LogP contribution is -2.68. The number of carbonyl (C=O) groups is 1. The Hall–Kier alpha value is -1.35. The number of methoxy groups -OCH3 is 4. The van der Waals surface area contributed by atoms with E-state index < -0.39 is 133 Å². The minimum atomic E-state index is -2.54. The zero-order valence-corrected chi connectivity index (χ0v) is 72.8. The van der Waals surface area contributed by atoms with Crippen molar-refractivity contribution < 1.29 is 80.0 Å². The second-order valence-electron chi connectivity index (χ2n) is 34.8. The lowest BCUT2D eigenvalue weighted by atomic mass is 9.76. The van der Waals surface area contributed by atoms with Crippen LogP contribution in [0.25, 0.3) is 0 Å². The Morgan fingerprint density at radius 3 is 1.66 bits per heavy atom. The lowest BCUT2D eigenvalue weighted by molar-refractivity contribution is -0.418. The molecule has 0 amide bonds. The molecule has 17 atom stereocenters. The van der Waals surface area contributed by atoms with Gasteiger partial charge in [-0.2, -0.15) is 0 Å². The Balaban J connectivity index is 2.40. The average molecular weight is 1460 g/mol. The van der Waals surface area contributed by atoms with Crippen LogP contribution in [-0.4, -0.2) is 173 Å². The Bertz CT molecular complexity index is 2580. The van der Waals surface area contributed by atoms with Crippen LogP contribution in [0.4, 0.5) is 0 Å². The highest BCUT2D eigenvalue weighted by atomic mass is 28.4. The molecule has 0 unspecified atom stereocenters. The summed E-state index contributed by atoms with van der Waals surface area (Å²) in [5.41, 5.74) is 3.06. The Morgan fingerprint density at radius 2 is 1.18 bits per heavy atom. The van der Waals surface area contributed by atoms with E-state index in [1.807, 2.05) is 39.8 Å². The first-order chi connectivity index (χ1) is 44.3. The first-order valence-corrected chi connectivity index (χ1v) is 50.6. The molecular weight excluding hydrogens is 1310 g/mol. The molecule has 0 bridgehead atoms. The molecule has 3 heterocycles. The number of allylic oxidation sites excluding steroid dienone is 7. The third-order valence-electron chi connectivity index (χ3n) is 23.1. The highest BCUT2D eigenvalue weighted by Crippen LogP contribution is 2.50. The van der Waals surface area contributed by atoms with Crippen LogP contribution in [0.5, 0.6) is 0 Å². The molecule has 2 saturated heterocycles. The van der Waals surface area contributed by atoms with Crippen molar-refractivity contribution in [1.82, 2.24) is 0 Å². The molecule has 17 nitrogen and oxygen atoms in total. The number of aliphatic hydroxyl groups is 1. The molecule has 0 aromatic carbocycles. The van der Waals surface area contributed by atoms with Gasteiger partial charge in [-0.25, -0.2) is 14.6 Å². The summed E-state index contributed by atoms with van der Waals surface area (Å²) in [5.74, 6) is -3.33. The van der Waals surface area contributed by atoms with Gasteiger partial charge in [0.2, 0.25) is 22.4 Å². The Labute approximate surface area is 596 Å². The topological polar surface area (TPSA) is 176 Å². The minimum absolute atomic E-state index is 0.0429. The van der Waals surface area contributed by atoms with Gasteiger partial charge in [0.1, 0.15) is 18.3 Å². The summed E-state index contributed by atoms with van der Waals surface area (Å²) < 4.78 is 88.9. The van der Waals surface area contributed by atoms with Crippen LogP contribution >= 0.6 is 0 Å². The van der Waals surface area contributed by atoms with Crippen molar-refractivity contribution in [2.24, 2.45) is 17.8 Å². The molecule has 3 aliphatic rings. The molecule has 3 rings (SSSR count). The summed E-state index contributed by atoms with van der Waals surface area (Å²) in [7, 11) is -5.57. The van der Waals surface area contributed by atoms with Crippen molar-refractivity contribution in [1.29, 1.82) is 0 Å². The highest BCUT2D eigenvalue weighted by Gasteiger charge is 2.61. The van der Waals surface area contributed by atoms with E-state index in [-0.39, 0.29) is 44.5 Å². The molecule has 0 aromatic heterocycles. The minimum Gasteiger partial charge on any atom is -0.456 e. The summed E-state index contributed by atoms with van der Waals surface area (Å²) in [6.07, 6.45) is 4.41. The maximum absolute atomic E-state index is 15.1. The number of hydrogen-bond acceptors (Lipinski definition) is 17. The normalized spacial score (nSPS) is 33.1. The molecule has 1 N–H and O–H groups in total. The molecule has 566 valence electrons. The van der Waals surface area contributed by atoms with E-state index in [1.165, 1.54) is 0 Å². The second-order valence-corrected chi connectivity index (χ2v) is 58.4. The van der Waals surface area contributed by atoms with E-state index in [0.29, 0.717) is 31.4 Å². The molecule has 2 fully saturated rings. The van der Waals surface area contributed by atoms with Gasteiger partial charge in [-0.15, -0.1) is 0 Å². The molecule has 22 heteroatoms. The number of hydrogen-bond donors (Lipinski definition) is 1. The molecule has 0 aromatic rings. The molecule has 97 heavy (non-hydrogen) atoms. The van der Waals surface area contributed by atoms with Gasteiger partial charge in [-0.1, -0.05) is 172 Å². The van der Waals surface area contributed by atoms with E-state index in [2.05, 4.69) is 201 Å². The van der Waals surface area contributed by atoms with Crippen LogP contribution in [0.15, 0.2) is 58.7 Å². The molecule has 0 radical (unpaired) electrons. The van der Waals surface area contributed by atoms with Crippen molar-refractivity contribution in [3.8, 4) is 0 Å². The molecule has 0 saturated carbocycles. The van der Waals surface area contributed by atoms with E-state index in [1.54, 1.807) is 35.4 Å². The third-order valence-corrected chi connectivity index (χ3v) is 45.1.